The van der Waals surface area contributed by atoms with Gasteiger partial charge in [-0.05, 0) is 24.7 Å². The summed E-state index contributed by atoms with van der Waals surface area (Å²) in [5.74, 6) is 1.14. The first kappa shape index (κ1) is 27.4. The molecule has 0 aliphatic carbocycles. The van der Waals surface area contributed by atoms with Gasteiger partial charge in [0, 0.05) is 19.4 Å². The highest BCUT2D eigenvalue weighted by atomic mass is 16.3. The summed E-state index contributed by atoms with van der Waals surface area (Å²) in [7, 11) is 0. The number of nitrogens with two attached hydrogens (primary N) is 1. The second kappa shape index (κ2) is 26.6. The maximum absolute atomic E-state index is 9.98. The van der Waals surface area contributed by atoms with E-state index < -0.39 is 0 Å². The number of primary amides is 1. The Labute approximate surface area is 126 Å². The molecule has 0 aliphatic rings. The number of aliphatic hydroxyl groups is 1. The molecule has 0 unspecified atom stereocenters. The summed E-state index contributed by atoms with van der Waals surface area (Å²) in [5.41, 5.74) is 4.78. The SMILES string of the molecule is CC.CC(C)C.CC(C)CCO.NC(=O)CCCC=O. The van der Waals surface area contributed by atoms with Gasteiger partial charge in [-0.1, -0.05) is 48.5 Å². The first-order valence-electron chi connectivity index (χ1n) is 7.60. The van der Waals surface area contributed by atoms with Gasteiger partial charge in [0.05, 0.1) is 0 Å². The molecule has 0 bridgehead atoms. The monoisotopic (exact) mass is 291 g/mol. The maximum Gasteiger partial charge on any atom is 0.217 e. The Hall–Kier alpha value is -0.900. The maximum atomic E-state index is 9.98. The molecule has 4 nitrogen and oxygen atoms in total. The van der Waals surface area contributed by atoms with Crippen LogP contribution in [0.1, 0.15) is 74.1 Å². The van der Waals surface area contributed by atoms with E-state index in [2.05, 4.69) is 34.6 Å². The standard InChI is InChI=1S/C5H9NO2.C5H12O.C4H10.C2H6/c6-5(8)3-1-2-4-7;1-5(2)3-4-6;1-4(2)3;1-2/h4H,1-3H2,(H2,6,8);5-6H,3-4H2,1-2H3;4H,1-3H3;1-2H3. The zero-order valence-electron chi connectivity index (χ0n) is 14.6. The van der Waals surface area contributed by atoms with Crippen molar-refractivity contribution in [2.45, 2.75) is 74.1 Å². The highest BCUT2D eigenvalue weighted by molar-refractivity contribution is 5.73. The van der Waals surface area contributed by atoms with Crippen LogP contribution >= 0.6 is 0 Å². The van der Waals surface area contributed by atoms with Gasteiger partial charge < -0.3 is 15.6 Å². The van der Waals surface area contributed by atoms with Gasteiger partial charge in [-0.15, -0.1) is 0 Å². The number of carbonyl (C=O) groups excluding carboxylic acids is 2. The first-order valence-corrected chi connectivity index (χ1v) is 7.60. The fraction of sp³-hybridized carbons (Fsp3) is 0.875. The lowest BCUT2D eigenvalue weighted by Crippen LogP contribution is -2.09. The van der Waals surface area contributed by atoms with E-state index in [9.17, 15) is 9.59 Å². The molecular formula is C16H37NO3. The second-order valence-corrected chi connectivity index (χ2v) is 5.16. The van der Waals surface area contributed by atoms with Gasteiger partial charge >= 0.3 is 0 Å². The minimum Gasteiger partial charge on any atom is -0.396 e. The molecule has 20 heavy (non-hydrogen) atoms. The molecule has 124 valence electrons. The highest BCUT2D eigenvalue weighted by Crippen LogP contribution is 1.94. The summed E-state index contributed by atoms with van der Waals surface area (Å²) in [5, 5.41) is 8.24. The van der Waals surface area contributed by atoms with E-state index in [1.807, 2.05) is 13.8 Å². The van der Waals surface area contributed by atoms with E-state index in [0.29, 0.717) is 31.8 Å². The molecule has 0 radical (unpaired) electrons. The number of amides is 1. The summed E-state index contributed by atoms with van der Waals surface area (Å²) < 4.78 is 0. The van der Waals surface area contributed by atoms with Crippen LogP contribution < -0.4 is 5.73 Å². The van der Waals surface area contributed by atoms with Crippen LogP contribution in [0.15, 0.2) is 0 Å². The fourth-order valence-corrected chi connectivity index (χ4v) is 0.618. The molecule has 0 fully saturated rings. The lowest BCUT2D eigenvalue weighted by atomic mass is 10.2. The third-order valence-electron chi connectivity index (χ3n) is 1.45. The minimum absolute atomic E-state index is 0.318. The molecule has 0 aromatic rings. The predicted molar refractivity (Wildman–Crippen MR) is 87.5 cm³/mol. The van der Waals surface area contributed by atoms with Crippen molar-refractivity contribution < 1.29 is 14.7 Å². The van der Waals surface area contributed by atoms with Crippen LogP contribution in [0.2, 0.25) is 0 Å². The van der Waals surface area contributed by atoms with Crippen LogP contribution in [-0.2, 0) is 9.59 Å². The molecule has 0 aliphatic heterocycles. The van der Waals surface area contributed by atoms with Gasteiger partial charge in [-0.25, -0.2) is 0 Å². The van der Waals surface area contributed by atoms with E-state index in [1.54, 1.807) is 0 Å². The Morgan fingerprint density at radius 1 is 1.15 bits per heavy atom. The van der Waals surface area contributed by atoms with Crippen molar-refractivity contribution in [1.29, 1.82) is 0 Å². The van der Waals surface area contributed by atoms with Crippen molar-refractivity contribution in [3.63, 3.8) is 0 Å². The number of hydrogen-bond acceptors (Lipinski definition) is 3. The van der Waals surface area contributed by atoms with Crippen LogP contribution in [0.4, 0.5) is 0 Å². The Morgan fingerprint density at radius 2 is 1.55 bits per heavy atom. The number of carbonyl (C=O) groups is 2. The summed E-state index contributed by atoms with van der Waals surface area (Å²) in [6, 6.07) is 0. The molecular weight excluding hydrogens is 254 g/mol. The van der Waals surface area contributed by atoms with E-state index in [4.69, 9.17) is 10.8 Å². The zero-order chi connectivity index (χ0) is 17.0. The molecule has 0 rings (SSSR count). The van der Waals surface area contributed by atoms with E-state index in [1.165, 1.54) is 0 Å². The molecule has 4 heteroatoms. The third kappa shape index (κ3) is 87.9. The van der Waals surface area contributed by atoms with Gasteiger partial charge in [-0.3, -0.25) is 4.79 Å². The summed E-state index contributed by atoms with van der Waals surface area (Å²) in [6.45, 7) is 15.0. The van der Waals surface area contributed by atoms with E-state index >= 15 is 0 Å². The second-order valence-electron chi connectivity index (χ2n) is 5.16. The minimum atomic E-state index is -0.341. The number of unbranched alkanes of at least 4 members (excludes halogenated alkanes) is 1. The smallest absolute Gasteiger partial charge is 0.217 e. The lowest BCUT2D eigenvalue weighted by molar-refractivity contribution is -0.118. The Balaban J connectivity index is -0.0000000947. The van der Waals surface area contributed by atoms with Gasteiger partial charge in [0.2, 0.25) is 5.91 Å². The van der Waals surface area contributed by atoms with Crippen LogP contribution in [0.5, 0.6) is 0 Å². The van der Waals surface area contributed by atoms with Crippen molar-refractivity contribution in [1.82, 2.24) is 0 Å². The number of aldehydes is 1. The van der Waals surface area contributed by atoms with Crippen molar-refractivity contribution in [2.24, 2.45) is 17.6 Å². The van der Waals surface area contributed by atoms with Gasteiger partial charge in [-0.2, -0.15) is 0 Å². The lowest BCUT2D eigenvalue weighted by Gasteiger charge is -1.95. The normalized spacial score (nSPS) is 8.50. The van der Waals surface area contributed by atoms with Crippen LogP contribution in [0.3, 0.4) is 0 Å². The largest absolute Gasteiger partial charge is 0.396 e. The van der Waals surface area contributed by atoms with Crippen LogP contribution in [-0.4, -0.2) is 23.9 Å². The predicted octanol–water partition coefficient (Wildman–Crippen LogP) is 3.55. The number of hydrogen-bond donors (Lipinski definition) is 2. The molecule has 0 heterocycles. The molecule has 0 saturated carbocycles. The molecule has 0 saturated heterocycles. The number of rotatable bonds is 6. The quantitative estimate of drug-likeness (QED) is 0.580. The average Bonchev–Trinajstić information content (AvgIpc) is 2.31. The Bertz CT molecular complexity index is 178. The first-order chi connectivity index (χ1) is 9.27. The summed E-state index contributed by atoms with van der Waals surface area (Å²) >= 11 is 0. The van der Waals surface area contributed by atoms with Gasteiger partial charge in [0.25, 0.3) is 0 Å². The number of aliphatic hydroxyl groups excluding tert-OH is 1. The van der Waals surface area contributed by atoms with Crippen LogP contribution in [0, 0.1) is 11.8 Å². The van der Waals surface area contributed by atoms with Gasteiger partial charge in [0.1, 0.15) is 6.29 Å². The molecule has 0 atom stereocenters. The summed E-state index contributed by atoms with van der Waals surface area (Å²) in [6.07, 6.45) is 3.05. The molecule has 0 spiro atoms. The van der Waals surface area contributed by atoms with Gasteiger partial charge in [0.15, 0.2) is 0 Å². The third-order valence-corrected chi connectivity index (χ3v) is 1.45. The zero-order valence-corrected chi connectivity index (χ0v) is 14.6. The topological polar surface area (TPSA) is 80.4 Å². The Kier molecular flexibility index (Phi) is 36.5. The molecule has 0 aromatic heterocycles. The van der Waals surface area contributed by atoms with Crippen molar-refractivity contribution in [3.05, 3.63) is 0 Å². The summed E-state index contributed by atoms with van der Waals surface area (Å²) in [4.78, 5) is 19.6. The Morgan fingerprint density at radius 3 is 1.70 bits per heavy atom. The average molecular weight is 291 g/mol. The molecule has 0 aromatic carbocycles. The molecule has 3 N–H and O–H groups in total. The van der Waals surface area contributed by atoms with Crippen LogP contribution in [0.25, 0.3) is 0 Å². The van der Waals surface area contributed by atoms with Crippen molar-refractivity contribution in [2.75, 3.05) is 6.61 Å². The van der Waals surface area contributed by atoms with E-state index in [-0.39, 0.29) is 5.91 Å². The fourth-order valence-electron chi connectivity index (χ4n) is 0.618. The highest BCUT2D eigenvalue weighted by Gasteiger charge is 1.90. The van der Waals surface area contributed by atoms with Crippen molar-refractivity contribution in [3.8, 4) is 0 Å². The van der Waals surface area contributed by atoms with Crippen molar-refractivity contribution >= 4 is 12.2 Å². The molecule has 1 amide bonds. The van der Waals surface area contributed by atoms with E-state index in [0.717, 1.165) is 18.6 Å².